The summed E-state index contributed by atoms with van der Waals surface area (Å²) in [4.78, 5) is 73.3. The molecule has 4 aliphatic rings. The van der Waals surface area contributed by atoms with Crippen LogP contribution < -0.4 is 10.6 Å². The van der Waals surface area contributed by atoms with Crippen molar-refractivity contribution in [1.82, 2.24) is 40.4 Å². The van der Waals surface area contributed by atoms with Gasteiger partial charge in [-0.05, 0) is 89.5 Å². The normalized spacial score (nSPS) is 25.2. The summed E-state index contributed by atoms with van der Waals surface area (Å²) in [5.41, 5.74) is 5.80. The molecule has 2 bridgehead atoms. The van der Waals surface area contributed by atoms with Crippen LogP contribution in [0, 0.1) is 29.6 Å². The van der Waals surface area contributed by atoms with Crippen molar-refractivity contribution in [3.05, 3.63) is 72.4 Å². The average Bonchev–Trinajstić information content (AvgIpc) is 3.97. The van der Waals surface area contributed by atoms with Gasteiger partial charge in [0.2, 0.25) is 11.8 Å². The lowest BCUT2D eigenvalue weighted by molar-refractivity contribution is -0.139. The minimum absolute atomic E-state index is 0.0916. The van der Waals surface area contributed by atoms with Crippen molar-refractivity contribution in [2.75, 3.05) is 14.2 Å². The van der Waals surface area contributed by atoms with Crippen molar-refractivity contribution in [2.45, 2.75) is 96.6 Å². The number of hydrogen-bond acceptors (Lipinski definition) is 8. The number of aromatic nitrogens is 4. The van der Waals surface area contributed by atoms with E-state index >= 15 is 0 Å². The molecule has 0 spiro atoms. The number of H-pyrrole nitrogens is 2. The number of nitrogens with zero attached hydrogens (tertiary/aromatic N) is 4. The zero-order valence-electron chi connectivity index (χ0n) is 35.2. The molecule has 9 rings (SSSR count). The molecule has 4 amide bonds. The number of piperidine rings is 2. The summed E-state index contributed by atoms with van der Waals surface area (Å²) in [5, 5.41) is 7.66. The van der Waals surface area contributed by atoms with Gasteiger partial charge < -0.3 is 39.9 Å². The summed E-state index contributed by atoms with van der Waals surface area (Å²) in [6.45, 7) is 9.90. The lowest BCUT2D eigenvalue weighted by Gasteiger charge is -2.37. The van der Waals surface area contributed by atoms with Crippen LogP contribution in [0.3, 0.4) is 0 Å². The molecule has 2 saturated carbocycles. The summed E-state index contributed by atoms with van der Waals surface area (Å²) in [6, 6.07) is 17.5. The monoisotopic (exact) mass is 814 g/mol. The number of methoxy groups -OCH3 is 2. The van der Waals surface area contributed by atoms with E-state index in [1.165, 1.54) is 14.2 Å². The highest BCUT2D eigenvalue weighted by Gasteiger charge is 2.61. The van der Waals surface area contributed by atoms with E-state index in [1.807, 2.05) is 49.8 Å². The van der Waals surface area contributed by atoms with Crippen LogP contribution in [0.25, 0.3) is 44.2 Å². The summed E-state index contributed by atoms with van der Waals surface area (Å²) < 4.78 is 9.67. The van der Waals surface area contributed by atoms with Crippen molar-refractivity contribution in [1.29, 1.82) is 0 Å². The fourth-order valence-corrected chi connectivity index (χ4v) is 10.5. The quantitative estimate of drug-likeness (QED) is 0.112. The number of nitrogens with one attached hydrogen (secondary N) is 4. The van der Waals surface area contributed by atoms with Gasteiger partial charge in [-0.15, -0.1) is 0 Å². The fourth-order valence-electron chi connectivity index (χ4n) is 10.5. The topological polar surface area (TPSA) is 175 Å². The maximum Gasteiger partial charge on any atom is 0.407 e. The molecule has 0 radical (unpaired) electrons. The van der Waals surface area contributed by atoms with Gasteiger partial charge in [-0.25, -0.2) is 19.6 Å². The lowest BCUT2D eigenvalue weighted by atomic mass is 9.95. The number of fused-ring (bicyclic) bond motifs is 6. The van der Waals surface area contributed by atoms with E-state index in [0.717, 1.165) is 81.5 Å². The number of benzene rings is 3. The average molecular weight is 815 g/mol. The molecule has 4 heterocycles. The molecule has 4 unspecified atom stereocenters. The third-order valence-electron chi connectivity index (χ3n) is 13.8. The molecule has 14 heteroatoms. The van der Waals surface area contributed by atoms with Crippen LogP contribution in [0.2, 0.25) is 0 Å². The number of imidazole rings is 2. The van der Waals surface area contributed by atoms with E-state index < -0.39 is 24.3 Å². The highest BCUT2D eigenvalue weighted by molar-refractivity contribution is 6.05. The van der Waals surface area contributed by atoms with Crippen LogP contribution in [0.5, 0.6) is 0 Å². The number of rotatable bonds is 10. The van der Waals surface area contributed by atoms with Gasteiger partial charge >= 0.3 is 12.2 Å². The number of alkyl carbamates (subject to hydrolysis) is 2. The Kier molecular flexibility index (Phi) is 10.1. The van der Waals surface area contributed by atoms with Gasteiger partial charge in [0.05, 0.1) is 49.2 Å². The molecule has 9 atom stereocenters. The standard InChI is InChI=1S/C46H54N8O6/c1-22(2)36(51-45(57)59-6)43(55)53-30-15-12-29(19-30)40(53)42-48-33-17-14-28-18-27(13-16-31(28)38(33)50-42)25-8-10-26(11-9-25)34-21-47-41(49-34)35-20-32-24(5)39(32)54(35)44(56)37(23(3)4)52-46(58)60-7/h8-11,13-14,16-18,21-24,29-30,32,35-37,39-40H,12,15,19-20H2,1-7H3,(H,47,49)(H,48,50)(H,51,57)(H,52,58)/t24?,29-,30+,32?,35-,36-,37?,39?,40-/m0/s1. The second kappa shape index (κ2) is 15.3. The van der Waals surface area contributed by atoms with Crippen LogP contribution in [0.4, 0.5) is 9.59 Å². The lowest BCUT2D eigenvalue weighted by Crippen LogP contribution is -2.54. The van der Waals surface area contributed by atoms with E-state index in [1.54, 1.807) is 0 Å². The number of carbonyl (C=O) groups is 4. The Hall–Kier alpha value is -5.92. The first-order valence-electron chi connectivity index (χ1n) is 21.3. The molecule has 14 nitrogen and oxygen atoms in total. The largest absolute Gasteiger partial charge is 0.453 e. The minimum atomic E-state index is -0.691. The molecule has 60 heavy (non-hydrogen) atoms. The van der Waals surface area contributed by atoms with E-state index in [2.05, 4.69) is 76.1 Å². The Morgan fingerprint density at radius 2 is 1.42 bits per heavy atom. The fraction of sp³-hybridized carbons (Fsp3) is 0.478. The summed E-state index contributed by atoms with van der Waals surface area (Å²) in [7, 11) is 2.62. The van der Waals surface area contributed by atoms with Gasteiger partial charge in [0.25, 0.3) is 0 Å². The number of ether oxygens (including phenoxy) is 2. The zero-order chi connectivity index (χ0) is 42.1. The molecule has 4 N–H and O–H groups in total. The Balaban J connectivity index is 0.935. The smallest absolute Gasteiger partial charge is 0.407 e. The Morgan fingerprint density at radius 1 is 0.767 bits per heavy atom. The third-order valence-corrected chi connectivity index (χ3v) is 13.8. The predicted octanol–water partition coefficient (Wildman–Crippen LogP) is 7.49. The SMILES string of the molecule is COC(=O)NC(C(=O)N1C2C(C)C2C[C@H]1c1ncc(-c2ccc(-c3ccc4c(ccc5nc([C@@H]6[C@H]7CC[C@H](C7)N6C(=O)[C@@H](NC(=O)OC)C(C)C)[nH]c54)c3)cc2)[nH]1)C(C)C. The van der Waals surface area contributed by atoms with Gasteiger partial charge in [-0.3, -0.25) is 9.59 Å². The van der Waals surface area contributed by atoms with Gasteiger partial charge in [-0.2, -0.15) is 0 Å². The summed E-state index contributed by atoms with van der Waals surface area (Å²) in [6.07, 6.45) is 4.35. The zero-order valence-corrected chi connectivity index (χ0v) is 35.2. The first kappa shape index (κ1) is 39.5. The first-order chi connectivity index (χ1) is 28.9. The number of likely N-dealkylation sites (tertiary alicyclic amines) is 2. The van der Waals surface area contributed by atoms with Crippen LogP contribution >= 0.6 is 0 Å². The molecular formula is C46H54N8O6. The van der Waals surface area contributed by atoms with Crippen molar-refractivity contribution in [2.24, 2.45) is 29.6 Å². The number of carbonyl (C=O) groups excluding carboxylic acids is 4. The highest BCUT2D eigenvalue weighted by atomic mass is 16.5. The van der Waals surface area contributed by atoms with Crippen molar-refractivity contribution >= 4 is 45.8 Å². The Morgan fingerprint density at radius 3 is 2.08 bits per heavy atom. The number of aromatic amines is 2. The van der Waals surface area contributed by atoms with Crippen LogP contribution in [-0.2, 0) is 19.1 Å². The van der Waals surface area contributed by atoms with Gasteiger partial charge in [-0.1, -0.05) is 77.1 Å². The van der Waals surface area contributed by atoms with Gasteiger partial charge in [0, 0.05) is 17.5 Å². The van der Waals surface area contributed by atoms with Crippen LogP contribution in [-0.4, -0.2) is 92.1 Å². The maximum absolute atomic E-state index is 14.1. The summed E-state index contributed by atoms with van der Waals surface area (Å²) >= 11 is 0. The van der Waals surface area contributed by atoms with E-state index in [9.17, 15) is 19.2 Å². The van der Waals surface area contributed by atoms with Gasteiger partial charge in [0.15, 0.2) is 0 Å². The van der Waals surface area contributed by atoms with Crippen molar-refractivity contribution in [3.8, 4) is 22.4 Å². The molecule has 2 aliphatic carbocycles. The predicted molar refractivity (Wildman–Crippen MR) is 226 cm³/mol. The molecule has 2 aromatic heterocycles. The molecular weight excluding hydrogens is 761 g/mol. The summed E-state index contributed by atoms with van der Waals surface area (Å²) in [5.74, 6) is 2.25. The van der Waals surface area contributed by atoms with Crippen molar-refractivity contribution < 1.29 is 28.7 Å². The molecule has 314 valence electrons. The second-order valence-corrected chi connectivity index (χ2v) is 17.9. The van der Waals surface area contributed by atoms with Gasteiger partial charge in [0.1, 0.15) is 23.7 Å². The van der Waals surface area contributed by atoms with Crippen LogP contribution in [0.15, 0.2) is 60.8 Å². The minimum Gasteiger partial charge on any atom is -0.453 e. The third kappa shape index (κ3) is 6.73. The molecule has 2 saturated heterocycles. The van der Waals surface area contributed by atoms with Crippen LogP contribution in [0.1, 0.15) is 84.0 Å². The molecule has 4 fully saturated rings. The number of amides is 4. The molecule has 5 aromatic rings. The Bertz CT molecular complexity index is 2480. The number of hydrogen-bond donors (Lipinski definition) is 4. The maximum atomic E-state index is 14.1. The molecule has 2 aliphatic heterocycles. The van der Waals surface area contributed by atoms with E-state index in [0.29, 0.717) is 17.8 Å². The second-order valence-electron chi connectivity index (χ2n) is 17.9. The Labute approximate surface area is 349 Å². The molecule has 3 aromatic carbocycles. The van der Waals surface area contributed by atoms with Crippen molar-refractivity contribution in [3.63, 3.8) is 0 Å². The van der Waals surface area contributed by atoms with E-state index in [4.69, 9.17) is 19.4 Å². The highest BCUT2D eigenvalue weighted by Crippen LogP contribution is 2.57. The first-order valence-corrected chi connectivity index (χ1v) is 21.3. The van der Waals surface area contributed by atoms with E-state index in [-0.39, 0.29) is 47.8 Å².